The van der Waals surface area contributed by atoms with E-state index < -0.39 is 24.7 Å². The van der Waals surface area contributed by atoms with Crippen LogP contribution in [-0.4, -0.2) is 31.2 Å². The van der Waals surface area contributed by atoms with Crippen LogP contribution in [-0.2, 0) is 10.2 Å². The number of alkyl halides is 3. The molecule has 1 atom stereocenters. The molecule has 20 heavy (non-hydrogen) atoms. The molecular weight excluding hydrogens is 289 g/mol. The predicted octanol–water partition coefficient (Wildman–Crippen LogP) is 2.68. The van der Waals surface area contributed by atoms with Gasteiger partial charge in [0.25, 0.3) is 0 Å². The molecule has 1 amide bonds. The number of hydrogen-bond donors (Lipinski definition) is 2. The molecule has 0 radical (unpaired) electrons. The number of halogens is 3. The highest BCUT2D eigenvalue weighted by Gasteiger charge is 2.29. The van der Waals surface area contributed by atoms with Crippen molar-refractivity contribution in [3.8, 4) is 0 Å². The predicted molar refractivity (Wildman–Crippen MR) is 73.9 cm³/mol. The Hall–Kier alpha value is -1.08. The third kappa shape index (κ3) is 5.50. The van der Waals surface area contributed by atoms with E-state index in [1.807, 2.05) is 36.7 Å². The highest BCUT2D eigenvalue weighted by Crippen LogP contribution is 2.26. The molecule has 0 aromatic carbocycles. The summed E-state index contributed by atoms with van der Waals surface area (Å²) in [5, 5.41) is 6.81. The van der Waals surface area contributed by atoms with Crippen LogP contribution < -0.4 is 10.6 Å². The summed E-state index contributed by atoms with van der Waals surface area (Å²) < 4.78 is 36.0. The van der Waals surface area contributed by atoms with Crippen LogP contribution in [0.15, 0.2) is 17.5 Å². The Kier molecular flexibility index (Phi) is 5.59. The van der Waals surface area contributed by atoms with Gasteiger partial charge in [0.15, 0.2) is 0 Å². The number of amides is 1. The fraction of sp³-hybridized carbons (Fsp3) is 0.615. The van der Waals surface area contributed by atoms with E-state index in [2.05, 4.69) is 5.32 Å². The zero-order valence-corrected chi connectivity index (χ0v) is 12.5. The van der Waals surface area contributed by atoms with E-state index in [-0.39, 0.29) is 5.41 Å². The Balaban J connectivity index is 2.43. The smallest absolute Gasteiger partial charge is 0.346 e. The minimum absolute atomic E-state index is 0.174. The van der Waals surface area contributed by atoms with Gasteiger partial charge in [-0.1, -0.05) is 19.9 Å². The average Bonchev–Trinajstić information content (AvgIpc) is 2.86. The lowest BCUT2D eigenvalue weighted by Crippen LogP contribution is -2.48. The number of carbonyl (C=O) groups excluding carboxylic acids is 1. The lowest BCUT2D eigenvalue weighted by Gasteiger charge is -2.26. The second-order valence-corrected chi connectivity index (χ2v) is 6.24. The van der Waals surface area contributed by atoms with Crippen molar-refractivity contribution < 1.29 is 18.0 Å². The third-order valence-corrected chi connectivity index (χ3v) is 4.13. The Bertz CT molecular complexity index is 429. The van der Waals surface area contributed by atoms with E-state index in [4.69, 9.17) is 0 Å². The number of thiophene rings is 1. The van der Waals surface area contributed by atoms with Crippen molar-refractivity contribution in [2.45, 2.75) is 38.4 Å². The SMILES string of the molecule is CC(NCC(C)(C)c1cccs1)C(=O)NCC(F)(F)F. The van der Waals surface area contributed by atoms with E-state index in [0.717, 1.165) is 4.88 Å². The highest BCUT2D eigenvalue weighted by molar-refractivity contribution is 7.10. The van der Waals surface area contributed by atoms with Gasteiger partial charge in [-0.05, 0) is 18.4 Å². The molecule has 114 valence electrons. The van der Waals surface area contributed by atoms with Gasteiger partial charge in [-0.2, -0.15) is 13.2 Å². The van der Waals surface area contributed by atoms with Gasteiger partial charge in [0.05, 0.1) is 6.04 Å². The van der Waals surface area contributed by atoms with Crippen molar-refractivity contribution in [1.82, 2.24) is 10.6 Å². The minimum Gasteiger partial charge on any atom is -0.346 e. The Morgan fingerprint density at radius 3 is 2.50 bits per heavy atom. The monoisotopic (exact) mass is 308 g/mol. The Morgan fingerprint density at radius 1 is 1.35 bits per heavy atom. The zero-order chi connectivity index (χ0) is 15.4. The summed E-state index contributed by atoms with van der Waals surface area (Å²) in [6, 6.07) is 3.28. The molecule has 0 saturated heterocycles. The molecule has 1 heterocycles. The molecule has 0 aliphatic carbocycles. The maximum atomic E-state index is 12.0. The van der Waals surface area contributed by atoms with Crippen molar-refractivity contribution in [3.05, 3.63) is 22.4 Å². The van der Waals surface area contributed by atoms with Gasteiger partial charge < -0.3 is 10.6 Å². The van der Waals surface area contributed by atoms with Crippen molar-refractivity contribution in [1.29, 1.82) is 0 Å². The first-order valence-corrected chi connectivity index (χ1v) is 7.11. The lowest BCUT2D eigenvalue weighted by atomic mass is 9.91. The van der Waals surface area contributed by atoms with Crippen molar-refractivity contribution in [3.63, 3.8) is 0 Å². The fourth-order valence-electron chi connectivity index (χ4n) is 1.59. The first-order valence-electron chi connectivity index (χ1n) is 6.24. The molecule has 1 aromatic heterocycles. The number of carbonyl (C=O) groups is 1. The van der Waals surface area contributed by atoms with Gasteiger partial charge in [-0.15, -0.1) is 11.3 Å². The first-order chi connectivity index (χ1) is 9.12. The van der Waals surface area contributed by atoms with Crippen molar-refractivity contribution in [2.24, 2.45) is 0 Å². The Morgan fingerprint density at radius 2 is 2.00 bits per heavy atom. The number of nitrogens with one attached hydrogen (secondary N) is 2. The molecule has 0 bridgehead atoms. The molecule has 3 nitrogen and oxygen atoms in total. The van der Waals surface area contributed by atoms with E-state index in [1.54, 1.807) is 18.3 Å². The van der Waals surface area contributed by atoms with Crippen molar-refractivity contribution in [2.75, 3.05) is 13.1 Å². The molecule has 1 rings (SSSR count). The molecule has 1 unspecified atom stereocenters. The third-order valence-electron chi connectivity index (χ3n) is 2.89. The van der Waals surface area contributed by atoms with Crippen LogP contribution in [0.2, 0.25) is 0 Å². The standard InChI is InChI=1S/C13H19F3N2OS/c1-9(11(19)18-8-13(14,15)16)17-7-12(2,3)10-5-4-6-20-10/h4-6,9,17H,7-8H2,1-3H3,(H,18,19). The Labute approximate surface area is 120 Å². The summed E-state index contributed by atoms with van der Waals surface area (Å²) in [5.41, 5.74) is -0.174. The summed E-state index contributed by atoms with van der Waals surface area (Å²) in [7, 11) is 0. The van der Waals surface area contributed by atoms with E-state index in [9.17, 15) is 18.0 Å². The number of rotatable bonds is 6. The van der Waals surface area contributed by atoms with Crippen LogP contribution in [0.25, 0.3) is 0 Å². The number of hydrogen-bond acceptors (Lipinski definition) is 3. The molecule has 0 spiro atoms. The van der Waals surface area contributed by atoms with E-state index in [1.165, 1.54) is 0 Å². The van der Waals surface area contributed by atoms with E-state index in [0.29, 0.717) is 6.54 Å². The van der Waals surface area contributed by atoms with Gasteiger partial charge in [0, 0.05) is 16.8 Å². The molecule has 7 heteroatoms. The second-order valence-electron chi connectivity index (χ2n) is 5.30. The topological polar surface area (TPSA) is 41.1 Å². The van der Waals surface area contributed by atoms with Crippen molar-refractivity contribution >= 4 is 17.2 Å². The lowest BCUT2D eigenvalue weighted by molar-refractivity contribution is -0.139. The van der Waals surface area contributed by atoms with E-state index >= 15 is 0 Å². The first kappa shape index (κ1) is 17.0. The van der Waals surface area contributed by atoms with Gasteiger partial charge in [0.1, 0.15) is 6.54 Å². The van der Waals surface area contributed by atoms with Crippen LogP contribution in [0.3, 0.4) is 0 Å². The largest absolute Gasteiger partial charge is 0.405 e. The molecule has 0 aliphatic rings. The van der Waals surface area contributed by atoms with Crippen LogP contribution in [0.1, 0.15) is 25.6 Å². The summed E-state index contributed by atoms with van der Waals surface area (Å²) in [6.07, 6.45) is -4.38. The van der Waals surface area contributed by atoms with Crippen LogP contribution in [0.4, 0.5) is 13.2 Å². The molecular formula is C13H19F3N2OS. The van der Waals surface area contributed by atoms with Crippen LogP contribution >= 0.6 is 11.3 Å². The summed E-state index contributed by atoms with van der Waals surface area (Å²) in [5.74, 6) is -0.649. The van der Waals surface area contributed by atoms with Crippen LogP contribution in [0, 0.1) is 0 Å². The quantitative estimate of drug-likeness (QED) is 0.848. The zero-order valence-electron chi connectivity index (χ0n) is 11.7. The van der Waals surface area contributed by atoms with Gasteiger partial charge in [0.2, 0.25) is 5.91 Å². The molecule has 1 aromatic rings. The normalized spacial score (nSPS) is 14.1. The molecule has 2 N–H and O–H groups in total. The van der Waals surface area contributed by atoms with Crippen LogP contribution in [0.5, 0.6) is 0 Å². The fourth-order valence-corrected chi connectivity index (χ4v) is 2.44. The maximum Gasteiger partial charge on any atom is 0.405 e. The molecule has 0 saturated carbocycles. The summed E-state index contributed by atoms with van der Waals surface area (Å²) in [6.45, 7) is 4.80. The van der Waals surface area contributed by atoms with Gasteiger partial charge in [-0.3, -0.25) is 4.79 Å². The molecule has 0 aliphatic heterocycles. The maximum absolute atomic E-state index is 12.0. The highest BCUT2D eigenvalue weighted by atomic mass is 32.1. The summed E-state index contributed by atoms with van der Waals surface area (Å²) >= 11 is 1.61. The van der Waals surface area contributed by atoms with Gasteiger partial charge >= 0.3 is 6.18 Å². The summed E-state index contributed by atoms with van der Waals surface area (Å²) in [4.78, 5) is 12.7. The second kappa shape index (κ2) is 6.58. The molecule has 0 fully saturated rings. The average molecular weight is 308 g/mol. The van der Waals surface area contributed by atoms with Gasteiger partial charge in [-0.25, -0.2) is 0 Å². The minimum atomic E-state index is -4.38.